The van der Waals surface area contributed by atoms with E-state index in [2.05, 4.69) is 90.1 Å². The first-order valence-electron chi connectivity index (χ1n) is 48.0. The molecule has 3 fully saturated rings. The number of fused-ring (bicyclic) bond motifs is 1. The van der Waals surface area contributed by atoms with Crippen LogP contribution in [0.5, 0.6) is 5.75 Å². The number of benzene rings is 2. The number of aliphatic hydroxyl groups is 3. The van der Waals surface area contributed by atoms with Crippen molar-refractivity contribution in [1.29, 1.82) is 0 Å². The first-order chi connectivity index (χ1) is 66.3. The molecule has 4 heterocycles. The van der Waals surface area contributed by atoms with Crippen molar-refractivity contribution in [2.45, 2.75) is 309 Å². The van der Waals surface area contributed by atoms with E-state index in [4.69, 9.17) is 17.2 Å². The Bertz CT molecular complexity index is 4880. The van der Waals surface area contributed by atoms with Crippen molar-refractivity contribution >= 4 is 129 Å². The number of aromatic nitrogens is 1. The van der Waals surface area contributed by atoms with Gasteiger partial charge in [-0.2, -0.15) is 0 Å². The molecule has 19 atom stereocenters. The molecule has 1 aromatic heterocycles. The van der Waals surface area contributed by atoms with Gasteiger partial charge in [-0.25, -0.2) is 0 Å². The summed E-state index contributed by atoms with van der Waals surface area (Å²) in [5, 5.41) is 84.2. The minimum absolute atomic E-state index is 0.0239. The Morgan fingerprint density at radius 3 is 1.33 bits per heavy atom. The van der Waals surface area contributed by atoms with Crippen LogP contribution in [-0.4, -0.2) is 319 Å². The van der Waals surface area contributed by atoms with Crippen molar-refractivity contribution < 1.29 is 116 Å². The average Bonchev–Trinajstić information content (AvgIpc) is 1.65. The van der Waals surface area contributed by atoms with Crippen molar-refractivity contribution in [3.63, 3.8) is 0 Å². The molecule has 1 unspecified atom stereocenters. The molecular formula is C94H147N23O24. The molecule has 3 aliphatic heterocycles. The zero-order valence-electron chi connectivity index (χ0n) is 82.9. The van der Waals surface area contributed by atoms with Gasteiger partial charge in [0.1, 0.15) is 103 Å². The molecule has 782 valence electrons. The third-order valence-electron chi connectivity index (χ3n) is 24.1. The number of aliphatic hydroxyl groups excluding tert-OH is 3. The van der Waals surface area contributed by atoms with Crippen LogP contribution in [0.15, 0.2) is 54.7 Å². The highest BCUT2D eigenvalue weighted by Crippen LogP contribution is 2.30. The smallest absolute Gasteiger partial charge is 0.246 e. The average molecular weight is 1980 g/mol. The first kappa shape index (κ1) is 117. The summed E-state index contributed by atoms with van der Waals surface area (Å²) in [6.45, 7) is 21.7. The fraction of sp³-hybridized carbons (Fsp3) is 0.638. The number of rotatable bonds is 55. The fourth-order valence-corrected chi connectivity index (χ4v) is 16.7. The molecule has 2 aromatic carbocycles. The number of aromatic hydroxyl groups is 1. The van der Waals surface area contributed by atoms with Gasteiger partial charge in [-0.15, -0.1) is 0 Å². The van der Waals surface area contributed by atoms with Crippen LogP contribution in [0.4, 0.5) is 0 Å². The van der Waals surface area contributed by atoms with E-state index in [0.29, 0.717) is 36.8 Å². The van der Waals surface area contributed by atoms with Gasteiger partial charge in [-0.1, -0.05) is 99.6 Å². The summed E-state index contributed by atoms with van der Waals surface area (Å²) in [6, 6.07) is -9.94. The van der Waals surface area contributed by atoms with Gasteiger partial charge in [0, 0.05) is 49.6 Å². The lowest BCUT2D eigenvalue weighted by molar-refractivity contribution is -0.150. The molecule has 3 aromatic rings. The third kappa shape index (κ3) is 36.5. The molecule has 3 saturated heterocycles. The lowest BCUT2D eigenvalue weighted by Gasteiger charge is -2.36. The Morgan fingerprint density at radius 1 is 0.404 bits per heavy atom. The molecule has 0 aliphatic carbocycles. The molecule has 0 spiro atoms. The van der Waals surface area contributed by atoms with E-state index in [9.17, 15) is 116 Å². The minimum atomic E-state index is -1.90. The number of H-pyrrole nitrogens is 1. The molecule has 0 bridgehead atoms. The molecular weight excluding hydrogens is 1840 g/mol. The summed E-state index contributed by atoms with van der Waals surface area (Å²) >= 11 is 0. The van der Waals surface area contributed by atoms with Crippen LogP contribution >= 0.6 is 0 Å². The third-order valence-corrected chi connectivity index (χ3v) is 24.1. The van der Waals surface area contributed by atoms with E-state index in [1.54, 1.807) is 72.0 Å². The van der Waals surface area contributed by atoms with Crippen LogP contribution in [0.1, 0.15) is 192 Å². The zero-order valence-corrected chi connectivity index (χ0v) is 82.9. The number of nitrogens with zero attached hydrogens (tertiary/aromatic N) is 3. The van der Waals surface area contributed by atoms with Crippen molar-refractivity contribution in [1.82, 2.24) is 105 Å². The second kappa shape index (κ2) is 55.8. The van der Waals surface area contributed by atoms with E-state index in [1.165, 1.54) is 73.6 Å². The SMILES string of the molecule is CC(C)C[C@H](NC(=O)[C@H](C)NC(=O)[C@H](CC(C)C)NC(=O)[C@H](C)NC(O)[C@@H]1CCCN1C(=O)[C@@H]1CCCN1C(=O)[C@@H]1CCCN1C(=O)CNC(=O)[C@H](CC(C)C)NC(=O)[C@H](CC(C)C)NC(=O)[C@H](Cc1ccc(O)cc1)NC(=O)CNC(=O)[C@H](C)NC(=O)[C@H](CO)NC(=O)[C@H](CC(N)=O)NC(=O)[C@H](CC(C)C)NC(=O)[C@@H](NC(=O)[C@H](Cc1c[nH]c2ccccc12)NC(=O)CN)[C@@H](C)O)C(=O)N[C@@H](C)C(N)=O. The largest absolute Gasteiger partial charge is 0.508 e. The van der Waals surface area contributed by atoms with Gasteiger partial charge in [-0.05, 0) is 164 Å². The molecule has 47 heteroatoms. The number of primary amides is 2. The van der Waals surface area contributed by atoms with E-state index in [1.807, 2.05) is 27.7 Å². The molecule has 47 nitrogen and oxygen atoms in total. The van der Waals surface area contributed by atoms with Crippen LogP contribution in [0, 0.1) is 29.6 Å². The van der Waals surface area contributed by atoms with Crippen LogP contribution in [0.25, 0.3) is 10.9 Å². The number of aromatic amines is 1. The van der Waals surface area contributed by atoms with E-state index < -0.39 is 266 Å². The number of phenols is 1. The minimum Gasteiger partial charge on any atom is -0.508 e. The number of hydrogen-bond donors (Lipinski definition) is 24. The van der Waals surface area contributed by atoms with E-state index in [-0.39, 0.29) is 113 Å². The molecule has 20 amide bonds. The van der Waals surface area contributed by atoms with Gasteiger partial charge in [0.25, 0.3) is 0 Å². The normalized spacial score (nSPS) is 18.1. The molecule has 0 saturated carbocycles. The van der Waals surface area contributed by atoms with Gasteiger partial charge in [0.15, 0.2) is 0 Å². The number of likely N-dealkylation sites (tertiary alicyclic amines) is 3. The van der Waals surface area contributed by atoms with E-state index in [0.717, 1.165) is 10.9 Å². The second-order valence-electron chi connectivity index (χ2n) is 38.6. The summed E-state index contributed by atoms with van der Waals surface area (Å²) in [4.78, 5) is 282. The first-order valence-corrected chi connectivity index (χ1v) is 48.0. The van der Waals surface area contributed by atoms with Crippen molar-refractivity contribution in [3.05, 3.63) is 65.9 Å². The number of hydrogen-bond acceptors (Lipinski definition) is 26. The molecule has 6 rings (SSSR count). The number of para-hydroxylation sites is 1. The molecule has 141 heavy (non-hydrogen) atoms. The number of carbonyl (C=O) groups is 20. The van der Waals surface area contributed by atoms with Crippen LogP contribution in [-0.2, 0) is 109 Å². The zero-order chi connectivity index (χ0) is 105. The van der Waals surface area contributed by atoms with Gasteiger partial charge in [0.2, 0.25) is 118 Å². The summed E-state index contributed by atoms with van der Waals surface area (Å²) in [5.41, 5.74) is 18.1. The highest BCUT2D eigenvalue weighted by atomic mass is 16.3. The van der Waals surface area contributed by atoms with Gasteiger partial charge in [0.05, 0.1) is 50.8 Å². The summed E-state index contributed by atoms with van der Waals surface area (Å²) < 4.78 is 0. The highest BCUT2D eigenvalue weighted by molar-refractivity contribution is 6.02. The fourth-order valence-electron chi connectivity index (χ4n) is 16.7. The predicted molar refractivity (Wildman–Crippen MR) is 513 cm³/mol. The Balaban J connectivity index is 1.03. The number of carbonyl (C=O) groups excluding carboxylic acids is 20. The van der Waals surface area contributed by atoms with Crippen molar-refractivity contribution in [3.8, 4) is 5.75 Å². The number of nitrogens with two attached hydrogens (primary N) is 3. The number of nitrogens with one attached hydrogen (secondary N) is 17. The maximum absolute atomic E-state index is 14.7. The van der Waals surface area contributed by atoms with Crippen LogP contribution in [0.2, 0.25) is 0 Å². The Labute approximate surface area is 819 Å². The topological polar surface area (TPSA) is 718 Å². The Kier molecular flexibility index (Phi) is 46.2. The summed E-state index contributed by atoms with van der Waals surface area (Å²) in [7, 11) is 0. The quantitative estimate of drug-likeness (QED) is 0.0234. The predicted octanol–water partition coefficient (Wildman–Crippen LogP) is -5.55. The number of amides is 20. The van der Waals surface area contributed by atoms with Gasteiger partial charge >= 0.3 is 0 Å². The van der Waals surface area contributed by atoms with Crippen LogP contribution < -0.4 is 102 Å². The summed E-state index contributed by atoms with van der Waals surface area (Å²) in [6.07, 6.45) is -0.465. The molecule has 0 radical (unpaired) electrons. The van der Waals surface area contributed by atoms with Gasteiger partial charge < -0.3 is 137 Å². The van der Waals surface area contributed by atoms with Gasteiger partial charge in [-0.3, -0.25) is 101 Å². The maximum Gasteiger partial charge on any atom is 0.246 e. The van der Waals surface area contributed by atoms with Crippen LogP contribution in [0.3, 0.4) is 0 Å². The number of phenolic OH excluding ortho intramolecular Hbond substituents is 1. The van der Waals surface area contributed by atoms with E-state index >= 15 is 0 Å². The second-order valence-corrected chi connectivity index (χ2v) is 38.6. The lowest BCUT2D eigenvalue weighted by atomic mass is 9.99. The molecule has 3 aliphatic rings. The lowest BCUT2D eigenvalue weighted by Crippen LogP contribution is -2.62. The maximum atomic E-state index is 14.7. The monoisotopic (exact) mass is 1980 g/mol. The Hall–Kier alpha value is -13.0. The highest BCUT2D eigenvalue weighted by Gasteiger charge is 2.47. The molecule has 27 N–H and O–H groups in total. The Morgan fingerprint density at radius 2 is 0.809 bits per heavy atom. The van der Waals surface area contributed by atoms with Crippen molar-refractivity contribution in [2.75, 3.05) is 45.9 Å². The standard InChI is InChI=1S/C94H147N23O24/c1-46(2)33-61(82(129)100-44-76(124)115-30-19-24-71(115)93(140)117-32-20-25-72(117)94(141)116-31-18-23-70(116)91(138)104-54(14)81(128)108-63(35-48(5)6)84(131)103-53(13)80(127)107-62(34-47(3)4)83(130)101-51(11)78(97)125)109-85(132)64(36-49(7)8)110-87(134)66(38-56-26-28-58(120)29-27-56)106-75(123)43-99-79(126)52(12)102-90(137)69(45-118)113-88(135)68(40-73(96)121)111-86(133)65(37-50(9)10)112-92(139)77(55(15)119)114-89(136)67(105-74(122)41-95)39-57-42-98-60-22-17-16-21-59(57)60/h16-17,21-22,26-29,42,46-55,61-72,77,91,98,104,118-120,138H,18-20,23-25,30-41,43-45,95H2,1-15H3,(H2,96,121)(H2,97,125)(H,99,126)(H,100,129)(H,101,130)(H,102,137)(H,103,131)(H,105,122)(H,106,123)(H,107,127)(H,108,128)(H,109,132)(H,110,134)(H,111,133)(H,112,139)(H,113,135)(H,114,136)/t51-,52-,53-,54-,55+,61-,62-,63-,64-,65-,66-,67-,68-,69-,70-,71-,72-,77-,91?/m0/s1. The summed E-state index contributed by atoms with van der Waals surface area (Å²) in [5.74, 6) is -18.4. The van der Waals surface area contributed by atoms with Crippen molar-refractivity contribution in [2.24, 2.45) is 46.8 Å².